The first-order valence-electron chi connectivity index (χ1n) is 12.6. The van der Waals surface area contributed by atoms with E-state index < -0.39 is 0 Å². The molecule has 3 aliphatic rings. The van der Waals surface area contributed by atoms with Crippen LogP contribution in [0.4, 0.5) is 0 Å². The molecule has 4 rings (SSSR count). The van der Waals surface area contributed by atoms with Crippen molar-refractivity contribution in [3.8, 4) is 0 Å². The van der Waals surface area contributed by atoms with Gasteiger partial charge in [0.1, 0.15) is 0 Å². The molecule has 0 radical (unpaired) electrons. The third-order valence-corrected chi connectivity index (χ3v) is 7.75. The Morgan fingerprint density at radius 1 is 1.13 bits per heavy atom. The summed E-state index contributed by atoms with van der Waals surface area (Å²) in [6, 6.07) is 8.24. The van der Waals surface area contributed by atoms with E-state index in [2.05, 4.69) is 55.7 Å². The van der Waals surface area contributed by atoms with Crippen LogP contribution in [0.3, 0.4) is 0 Å². The number of nitrogens with zero attached hydrogens (tertiary/aromatic N) is 2. The number of rotatable bonds is 5. The van der Waals surface area contributed by atoms with Crippen molar-refractivity contribution in [2.75, 3.05) is 19.6 Å². The van der Waals surface area contributed by atoms with Gasteiger partial charge >= 0.3 is 0 Å². The molecule has 1 aromatic carbocycles. The molecule has 0 bridgehead atoms. The van der Waals surface area contributed by atoms with Crippen LogP contribution in [0, 0.1) is 11.3 Å². The molecule has 166 valence electrons. The highest BCUT2D eigenvalue weighted by Gasteiger charge is 2.45. The Balaban J connectivity index is 1.50. The van der Waals surface area contributed by atoms with Gasteiger partial charge in [0.25, 0.3) is 0 Å². The molecule has 0 aromatic heterocycles. The van der Waals surface area contributed by atoms with Crippen molar-refractivity contribution >= 4 is 5.91 Å². The van der Waals surface area contributed by atoms with Gasteiger partial charge in [-0.25, -0.2) is 0 Å². The molecule has 1 amide bonds. The molecular weight excluding hydrogens is 368 g/mol. The summed E-state index contributed by atoms with van der Waals surface area (Å²) in [5, 5.41) is 0. The highest BCUT2D eigenvalue weighted by Crippen LogP contribution is 2.43. The lowest BCUT2D eigenvalue weighted by molar-refractivity contribution is -0.148. The number of amides is 1. The van der Waals surface area contributed by atoms with E-state index in [1.807, 2.05) is 0 Å². The number of hydrogen-bond acceptors (Lipinski definition) is 2. The van der Waals surface area contributed by atoms with Gasteiger partial charge in [0, 0.05) is 37.1 Å². The van der Waals surface area contributed by atoms with Crippen LogP contribution in [-0.4, -0.2) is 41.4 Å². The Bertz CT molecular complexity index is 750. The third kappa shape index (κ3) is 4.47. The van der Waals surface area contributed by atoms with Gasteiger partial charge in [-0.3, -0.25) is 9.69 Å². The van der Waals surface area contributed by atoms with Crippen LogP contribution >= 0.6 is 0 Å². The van der Waals surface area contributed by atoms with Crippen LogP contribution in [0.25, 0.3) is 0 Å². The zero-order valence-electron chi connectivity index (χ0n) is 19.8. The molecule has 3 aliphatic heterocycles. The predicted octanol–water partition coefficient (Wildman–Crippen LogP) is 5.77. The lowest BCUT2D eigenvalue weighted by Crippen LogP contribution is -2.59. The van der Waals surface area contributed by atoms with Crippen LogP contribution in [0.2, 0.25) is 0 Å². The Labute approximate surface area is 184 Å². The number of carbonyl (C=O) groups excluding carboxylic acids is 1. The van der Waals surface area contributed by atoms with Crippen LogP contribution in [-0.2, 0) is 17.6 Å². The van der Waals surface area contributed by atoms with Crippen molar-refractivity contribution in [2.45, 2.75) is 97.6 Å². The van der Waals surface area contributed by atoms with Gasteiger partial charge in [0.15, 0.2) is 0 Å². The number of hydrogen-bond donors (Lipinski definition) is 0. The highest BCUT2D eigenvalue weighted by molar-refractivity contribution is 5.82. The van der Waals surface area contributed by atoms with Crippen molar-refractivity contribution in [1.82, 2.24) is 9.80 Å². The molecule has 2 saturated heterocycles. The predicted molar refractivity (Wildman–Crippen MR) is 125 cm³/mol. The van der Waals surface area contributed by atoms with E-state index >= 15 is 0 Å². The number of benzene rings is 1. The topological polar surface area (TPSA) is 23.6 Å². The number of carbonyl (C=O) groups is 1. The number of piperidine rings is 2. The lowest BCUT2D eigenvalue weighted by atomic mass is 9.75. The van der Waals surface area contributed by atoms with E-state index in [0.29, 0.717) is 23.9 Å². The zero-order chi connectivity index (χ0) is 21.3. The quantitative estimate of drug-likeness (QED) is 0.576. The summed E-state index contributed by atoms with van der Waals surface area (Å²) in [7, 11) is 0. The highest BCUT2D eigenvalue weighted by atomic mass is 16.2. The van der Waals surface area contributed by atoms with Gasteiger partial charge in [-0.2, -0.15) is 0 Å². The van der Waals surface area contributed by atoms with Crippen LogP contribution < -0.4 is 0 Å². The first-order valence-corrected chi connectivity index (χ1v) is 12.6. The molecule has 3 heteroatoms. The number of unbranched alkanes of at least 4 members (excludes halogenated alkanes) is 3. The molecule has 3 unspecified atom stereocenters. The minimum Gasteiger partial charge on any atom is -0.339 e. The second kappa shape index (κ2) is 9.02. The van der Waals surface area contributed by atoms with Gasteiger partial charge in [-0.15, -0.1) is 0 Å². The summed E-state index contributed by atoms with van der Waals surface area (Å²) in [4.78, 5) is 18.2. The van der Waals surface area contributed by atoms with E-state index in [-0.39, 0.29) is 5.41 Å². The van der Waals surface area contributed by atoms with Crippen molar-refractivity contribution in [1.29, 1.82) is 0 Å². The van der Waals surface area contributed by atoms with E-state index in [0.717, 1.165) is 13.0 Å². The van der Waals surface area contributed by atoms with E-state index in [4.69, 9.17) is 0 Å². The average Bonchev–Trinajstić information content (AvgIpc) is 2.73. The fourth-order valence-corrected chi connectivity index (χ4v) is 6.11. The summed E-state index contributed by atoms with van der Waals surface area (Å²) >= 11 is 0. The maximum atomic E-state index is 13.2. The van der Waals surface area contributed by atoms with Crippen molar-refractivity contribution in [3.63, 3.8) is 0 Å². The summed E-state index contributed by atoms with van der Waals surface area (Å²) in [5.74, 6) is 1.00. The number of likely N-dealkylation sites (tertiary alicyclic amines) is 1. The van der Waals surface area contributed by atoms with Gasteiger partial charge in [-0.05, 0) is 61.1 Å². The maximum Gasteiger partial charge on any atom is 0.228 e. The van der Waals surface area contributed by atoms with Gasteiger partial charge in [0.2, 0.25) is 5.91 Å². The molecular formula is C27H42N2O. The Hall–Kier alpha value is -1.35. The van der Waals surface area contributed by atoms with Crippen molar-refractivity contribution in [3.05, 3.63) is 34.9 Å². The second-order valence-corrected chi connectivity index (χ2v) is 11.1. The van der Waals surface area contributed by atoms with Crippen molar-refractivity contribution < 1.29 is 4.79 Å². The van der Waals surface area contributed by atoms with Crippen molar-refractivity contribution in [2.24, 2.45) is 11.3 Å². The van der Waals surface area contributed by atoms with Crippen LogP contribution in [0.15, 0.2) is 18.2 Å². The molecule has 3 heterocycles. The second-order valence-electron chi connectivity index (χ2n) is 11.1. The van der Waals surface area contributed by atoms with E-state index in [9.17, 15) is 4.79 Å². The molecule has 1 aromatic rings. The molecule has 0 saturated carbocycles. The Morgan fingerprint density at radius 3 is 2.73 bits per heavy atom. The summed E-state index contributed by atoms with van der Waals surface area (Å²) < 4.78 is 0. The van der Waals surface area contributed by atoms with E-state index in [1.54, 1.807) is 11.1 Å². The lowest BCUT2D eigenvalue weighted by Gasteiger charge is -2.53. The molecule has 0 aliphatic carbocycles. The van der Waals surface area contributed by atoms with Crippen LogP contribution in [0.5, 0.6) is 0 Å². The smallest absolute Gasteiger partial charge is 0.228 e. The minimum absolute atomic E-state index is 0.282. The number of fused-ring (bicyclic) bond motifs is 4. The monoisotopic (exact) mass is 410 g/mol. The normalized spacial score (nSPS) is 26.7. The van der Waals surface area contributed by atoms with Crippen LogP contribution in [0.1, 0.15) is 95.4 Å². The standard InChI is InChI=1S/C27H42N2O/c1-5-6-7-8-10-20-12-13-23-21(17-20)14-16-28-19-22-11-9-15-29(24(22)18-25(23)28)26(30)27(2,3)4/h12-13,17,22,24-25H,5-11,14-16,18-19H2,1-4H3. The largest absolute Gasteiger partial charge is 0.339 e. The van der Waals surface area contributed by atoms with E-state index in [1.165, 1.54) is 70.0 Å². The van der Waals surface area contributed by atoms with Gasteiger partial charge < -0.3 is 4.90 Å². The molecule has 3 nitrogen and oxygen atoms in total. The Morgan fingerprint density at radius 2 is 1.97 bits per heavy atom. The SMILES string of the molecule is CCCCCCc1ccc2c(c1)CCN1CC3CCCN(C(=O)C(C)(C)C)C3CC21. The first kappa shape index (κ1) is 21.9. The fourth-order valence-electron chi connectivity index (χ4n) is 6.11. The molecule has 30 heavy (non-hydrogen) atoms. The summed E-state index contributed by atoms with van der Waals surface area (Å²) in [6.07, 6.45) is 11.3. The Kier molecular flexibility index (Phi) is 6.58. The zero-order valence-corrected chi connectivity index (χ0v) is 19.8. The fraction of sp³-hybridized carbons (Fsp3) is 0.741. The first-order chi connectivity index (χ1) is 14.4. The average molecular weight is 411 g/mol. The minimum atomic E-state index is -0.282. The molecule has 3 atom stereocenters. The number of aryl methyl sites for hydroxylation is 1. The summed E-state index contributed by atoms with van der Waals surface area (Å²) in [5.41, 5.74) is 4.36. The molecule has 2 fully saturated rings. The third-order valence-electron chi connectivity index (χ3n) is 7.75. The maximum absolute atomic E-state index is 13.2. The van der Waals surface area contributed by atoms with Gasteiger partial charge in [0.05, 0.1) is 0 Å². The van der Waals surface area contributed by atoms with Gasteiger partial charge in [-0.1, -0.05) is 65.2 Å². The summed E-state index contributed by atoms with van der Waals surface area (Å²) in [6.45, 7) is 11.8. The molecule has 0 spiro atoms. The molecule has 0 N–H and O–H groups in total.